The molecule has 9 nitrogen and oxygen atoms in total. The molecule has 2 aromatic rings. The van der Waals surface area contributed by atoms with E-state index >= 15 is 0 Å². The summed E-state index contributed by atoms with van der Waals surface area (Å²) in [7, 11) is 0. The zero-order valence-corrected chi connectivity index (χ0v) is 22.9. The zero-order valence-electron chi connectivity index (χ0n) is 22.9. The molecule has 0 bridgehead atoms. The molecule has 1 N–H and O–H groups in total. The Morgan fingerprint density at radius 2 is 1.97 bits per heavy atom. The predicted octanol–water partition coefficient (Wildman–Crippen LogP) is 1.88. The minimum atomic E-state index is -0.641. The van der Waals surface area contributed by atoms with Gasteiger partial charge < -0.3 is 19.9 Å². The number of fused-ring (bicyclic) bond motifs is 1. The Morgan fingerprint density at radius 1 is 1.18 bits per heavy atom. The van der Waals surface area contributed by atoms with Crippen molar-refractivity contribution in [2.24, 2.45) is 0 Å². The number of benzene rings is 1. The van der Waals surface area contributed by atoms with Crippen LogP contribution in [-0.4, -0.2) is 95.9 Å². The van der Waals surface area contributed by atoms with Crippen LogP contribution in [0.5, 0.6) is 0 Å². The van der Waals surface area contributed by atoms with E-state index in [-0.39, 0.29) is 49.6 Å². The van der Waals surface area contributed by atoms with Gasteiger partial charge in [0.05, 0.1) is 29.7 Å². The predicted molar refractivity (Wildman–Crippen MR) is 141 cm³/mol. The summed E-state index contributed by atoms with van der Waals surface area (Å²) in [6.45, 7) is 11.2. The van der Waals surface area contributed by atoms with Gasteiger partial charge in [0.25, 0.3) is 0 Å². The highest BCUT2D eigenvalue weighted by Crippen LogP contribution is 2.39. The second-order valence-electron chi connectivity index (χ2n) is 11.7. The molecule has 3 atom stereocenters. The van der Waals surface area contributed by atoms with Crippen LogP contribution < -0.4 is 10.2 Å². The number of halogens is 2. The Kier molecular flexibility index (Phi) is 7.67. The highest BCUT2D eigenvalue weighted by atomic mass is 19.1. The monoisotopic (exact) mass is 542 g/mol. The van der Waals surface area contributed by atoms with Crippen molar-refractivity contribution in [2.75, 3.05) is 50.8 Å². The summed E-state index contributed by atoms with van der Waals surface area (Å²) in [5.74, 6) is -1.37. The molecule has 2 saturated heterocycles. The quantitative estimate of drug-likeness (QED) is 0.596. The molecule has 11 heteroatoms. The second-order valence-corrected chi connectivity index (χ2v) is 11.7. The Morgan fingerprint density at radius 3 is 2.74 bits per heavy atom. The number of carbonyl (C=O) groups excluding carboxylic acids is 2. The minimum absolute atomic E-state index is 0.0120. The van der Waals surface area contributed by atoms with E-state index in [2.05, 4.69) is 27.3 Å². The van der Waals surface area contributed by atoms with Crippen LogP contribution in [0, 0.1) is 11.6 Å². The van der Waals surface area contributed by atoms with Crippen molar-refractivity contribution >= 4 is 17.5 Å². The topological polar surface area (TPSA) is 90.9 Å². The van der Waals surface area contributed by atoms with Gasteiger partial charge in [-0.1, -0.05) is 19.9 Å². The maximum Gasteiger partial charge on any atom is 0.248 e. The summed E-state index contributed by atoms with van der Waals surface area (Å²) in [6.07, 6.45) is 0.119. The molecular weight excluding hydrogens is 506 g/mol. The number of piperazine rings is 1. The first kappa shape index (κ1) is 27.5. The summed E-state index contributed by atoms with van der Waals surface area (Å²) in [5.41, 5.74) is 1.81. The first-order valence-corrected chi connectivity index (χ1v) is 13.5. The lowest BCUT2D eigenvalue weighted by Gasteiger charge is -2.42. The van der Waals surface area contributed by atoms with Gasteiger partial charge in [0, 0.05) is 62.7 Å². The third-order valence-electron chi connectivity index (χ3n) is 7.82. The van der Waals surface area contributed by atoms with Crippen LogP contribution in [0.3, 0.4) is 0 Å². The van der Waals surface area contributed by atoms with Gasteiger partial charge in [-0.25, -0.2) is 8.78 Å². The molecule has 0 aliphatic carbocycles. The average Bonchev–Trinajstić information content (AvgIpc) is 3.15. The van der Waals surface area contributed by atoms with Crippen LogP contribution in [0.25, 0.3) is 0 Å². The maximum absolute atomic E-state index is 14.3. The number of hydrogen-bond acceptors (Lipinski definition) is 7. The summed E-state index contributed by atoms with van der Waals surface area (Å²) < 4.78 is 33.1. The normalized spacial score (nSPS) is 25.2. The molecular formula is C28H36F2N6O3. The molecule has 3 aliphatic heterocycles. The highest BCUT2D eigenvalue weighted by molar-refractivity contribution is 5.97. The van der Waals surface area contributed by atoms with Gasteiger partial charge in [0.2, 0.25) is 11.8 Å². The molecule has 39 heavy (non-hydrogen) atoms. The van der Waals surface area contributed by atoms with Crippen molar-refractivity contribution in [3.63, 3.8) is 0 Å². The average molecular weight is 543 g/mol. The van der Waals surface area contributed by atoms with Crippen LogP contribution in [0.15, 0.2) is 24.3 Å². The molecule has 1 aromatic heterocycles. The number of rotatable bonds is 6. The van der Waals surface area contributed by atoms with Crippen molar-refractivity contribution in [2.45, 2.75) is 57.7 Å². The number of aromatic nitrogens is 2. The summed E-state index contributed by atoms with van der Waals surface area (Å²) >= 11 is 0. The molecule has 3 aliphatic rings. The van der Waals surface area contributed by atoms with Gasteiger partial charge in [-0.2, -0.15) is 10.2 Å². The standard InChI is InChI=1S/C28H36F2N6O3/c1-17-11-34(22(10-31-17)13-35-12-18(2)39-15-26(35)38)14-25(37)36-16-28(3,4)27-24(36)9-21(32-33-27)7-19-5-6-20(29)8-23(19)30/h5-6,8-9,17-18,22,31H,7,10-16H2,1-4H3. The van der Waals surface area contributed by atoms with Crippen molar-refractivity contribution in [3.8, 4) is 0 Å². The van der Waals surface area contributed by atoms with Gasteiger partial charge in [-0.05, 0) is 31.5 Å². The van der Waals surface area contributed by atoms with Crippen molar-refractivity contribution in [3.05, 3.63) is 52.9 Å². The first-order chi connectivity index (χ1) is 18.5. The summed E-state index contributed by atoms with van der Waals surface area (Å²) in [6, 6.07) is 5.46. The lowest BCUT2D eigenvalue weighted by Crippen LogP contribution is -2.62. The van der Waals surface area contributed by atoms with Crippen LogP contribution in [-0.2, 0) is 26.2 Å². The number of nitrogens with zero attached hydrogens (tertiary/aromatic N) is 5. The van der Waals surface area contributed by atoms with Crippen molar-refractivity contribution in [1.29, 1.82) is 0 Å². The molecule has 4 heterocycles. The van der Waals surface area contributed by atoms with E-state index in [1.54, 1.807) is 11.0 Å². The molecule has 2 fully saturated rings. The fourth-order valence-electron chi connectivity index (χ4n) is 5.70. The van der Waals surface area contributed by atoms with Gasteiger partial charge in [0.1, 0.15) is 18.2 Å². The van der Waals surface area contributed by atoms with E-state index in [9.17, 15) is 18.4 Å². The highest BCUT2D eigenvalue weighted by Gasteiger charge is 2.41. The summed E-state index contributed by atoms with van der Waals surface area (Å²) in [5, 5.41) is 12.2. The Hall–Kier alpha value is -3.02. The number of hydrogen-bond donors (Lipinski definition) is 1. The number of ether oxygens (including phenoxy) is 1. The third kappa shape index (κ3) is 5.95. The zero-order chi connectivity index (χ0) is 27.9. The van der Waals surface area contributed by atoms with Gasteiger partial charge in [0.15, 0.2) is 0 Å². The first-order valence-electron chi connectivity index (χ1n) is 13.5. The van der Waals surface area contributed by atoms with Gasteiger partial charge in [-0.15, -0.1) is 0 Å². The molecule has 3 unspecified atom stereocenters. The van der Waals surface area contributed by atoms with Crippen LogP contribution >= 0.6 is 0 Å². The minimum Gasteiger partial charge on any atom is -0.367 e. The Balaban J connectivity index is 1.34. The Labute approximate surface area is 227 Å². The fraction of sp³-hybridized carbons (Fsp3) is 0.571. The van der Waals surface area contributed by atoms with Crippen LogP contribution in [0.1, 0.15) is 44.6 Å². The molecule has 5 rings (SSSR count). The van der Waals surface area contributed by atoms with Crippen molar-refractivity contribution < 1.29 is 23.1 Å². The van der Waals surface area contributed by atoms with Gasteiger partial charge in [-0.3, -0.25) is 14.5 Å². The van der Waals surface area contributed by atoms with E-state index in [0.717, 1.165) is 11.8 Å². The molecule has 0 radical (unpaired) electrons. The van der Waals surface area contributed by atoms with E-state index in [4.69, 9.17) is 4.74 Å². The van der Waals surface area contributed by atoms with Gasteiger partial charge >= 0.3 is 0 Å². The van der Waals surface area contributed by atoms with E-state index in [1.807, 2.05) is 25.7 Å². The number of anilines is 1. The van der Waals surface area contributed by atoms with E-state index in [0.29, 0.717) is 49.7 Å². The van der Waals surface area contributed by atoms with E-state index < -0.39 is 17.0 Å². The second kappa shape index (κ2) is 10.9. The number of morpholine rings is 1. The summed E-state index contributed by atoms with van der Waals surface area (Å²) in [4.78, 5) is 32.0. The number of nitrogens with one attached hydrogen (secondary N) is 1. The maximum atomic E-state index is 14.3. The molecule has 210 valence electrons. The molecule has 0 saturated carbocycles. The smallest absolute Gasteiger partial charge is 0.248 e. The van der Waals surface area contributed by atoms with Crippen LogP contribution in [0.2, 0.25) is 0 Å². The van der Waals surface area contributed by atoms with Crippen molar-refractivity contribution in [1.82, 2.24) is 25.3 Å². The molecule has 0 spiro atoms. The fourth-order valence-corrected chi connectivity index (χ4v) is 5.70. The number of amides is 2. The lowest BCUT2D eigenvalue weighted by atomic mass is 9.91. The largest absolute Gasteiger partial charge is 0.367 e. The molecule has 1 aromatic carbocycles. The van der Waals surface area contributed by atoms with Crippen LogP contribution in [0.4, 0.5) is 14.5 Å². The lowest BCUT2D eigenvalue weighted by molar-refractivity contribution is -0.149. The molecule has 2 amide bonds. The van der Waals surface area contributed by atoms with E-state index in [1.165, 1.54) is 12.1 Å². The SMILES string of the molecule is CC1CN(CC(=O)N2CC(C)(C)c3nnc(Cc4ccc(F)cc4F)cc32)C(CN2CC(C)OCC2=O)CN1. The number of carbonyl (C=O) groups is 2. The third-order valence-corrected chi connectivity index (χ3v) is 7.82. The Bertz CT molecular complexity index is 1260.